The van der Waals surface area contributed by atoms with Gasteiger partial charge in [0.25, 0.3) is 0 Å². The van der Waals surface area contributed by atoms with Crippen LogP contribution in [0.4, 0.5) is 17.6 Å². The Hall–Kier alpha value is -0.620. The molecule has 90 valence electrons. The third-order valence-electron chi connectivity index (χ3n) is 2.12. The predicted octanol–water partition coefficient (Wildman–Crippen LogP) is 3.93. The molecule has 16 heavy (non-hydrogen) atoms. The Morgan fingerprint density at radius 2 is 1.94 bits per heavy atom. The Morgan fingerprint density at radius 3 is 2.50 bits per heavy atom. The van der Waals surface area contributed by atoms with Crippen LogP contribution in [0, 0.1) is 5.82 Å². The van der Waals surface area contributed by atoms with Gasteiger partial charge >= 0.3 is 6.18 Å². The van der Waals surface area contributed by atoms with Crippen molar-refractivity contribution in [3.8, 4) is 0 Å². The Morgan fingerprint density at radius 1 is 1.31 bits per heavy atom. The number of hydrogen-bond acceptors (Lipinski definition) is 1. The average molecular weight is 300 g/mol. The van der Waals surface area contributed by atoms with Gasteiger partial charge in [0.2, 0.25) is 0 Å². The van der Waals surface area contributed by atoms with Gasteiger partial charge in [0.1, 0.15) is 5.82 Å². The zero-order valence-electron chi connectivity index (χ0n) is 8.19. The first kappa shape index (κ1) is 13.4. The van der Waals surface area contributed by atoms with E-state index in [1.54, 1.807) is 0 Å². The standard InChI is InChI=1S/C10H10BrF4N/c11-9-6(2-1-3-7(9)12)8(16)4-5-10(13,14)15/h1-3,8H,4-5,16H2/t8-/m1/s1. The number of halogens is 5. The van der Waals surface area contributed by atoms with Crippen LogP contribution < -0.4 is 5.73 Å². The van der Waals surface area contributed by atoms with Crippen molar-refractivity contribution >= 4 is 15.9 Å². The van der Waals surface area contributed by atoms with Crippen LogP contribution >= 0.6 is 15.9 Å². The summed E-state index contributed by atoms with van der Waals surface area (Å²) in [4.78, 5) is 0. The molecule has 2 N–H and O–H groups in total. The lowest BCUT2D eigenvalue weighted by Crippen LogP contribution is -2.16. The second-order valence-corrected chi connectivity index (χ2v) is 4.20. The van der Waals surface area contributed by atoms with Gasteiger partial charge in [0.05, 0.1) is 4.47 Å². The van der Waals surface area contributed by atoms with Crippen molar-refractivity contribution in [3.05, 3.63) is 34.1 Å². The molecule has 0 bridgehead atoms. The molecule has 0 heterocycles. The minimum absolute atomic E-state index is 0.129. The van der Waals surface area contributed by atoms with E-state index in [1.165, 1.54) is 18.2 Å². The van der Waals surface area contributed by atoms with Gasteiger partial charge in [-0.3, -0.25) is 0 Å². The molecule has 0 unspecified atom stereocenters. The molecule has 0 aliphatic heterocycles. The molecule has 0 fully saturated rings. The van der Waals surface area contributed by atoms with Crippen molar-refractivity contribution < 1.29 is 17.6 Å². The van der Waals surface area contributed by atoms with E-state index in [2.05, 4.69) is 15.9 Å². The summed E-state index contributed by atoms with van der Waals surface area (Å²) >= 11 is 2.96. The summed E-state index contributed by atoms with van der Waals surface area (Å²) in [6.45, 7) is 0. The maximum Gasteiger partial charge on any atom is 0.389 e. The first-order valence-corrected chi connectivity index (χ1v) is 5.37. The smallest absolute Gasteiger partial charge is 0.324 e. The lowest BCUT2D eigenvalue weighted by Gasteiger charge is -2.15. The number of alkyl halides is 3. The highest BCUT2D eigenvalue weighted by Gasteiger charge is 2.28. The fourth-order valence-corrected chi connectivity index (χ4v) is 1.84. The van der Waals surface area contributed by atoms with Crippen molar-refractivity contribution in [2.24, 2.45) is 5.73 Å². The van der Waals surface area contributed by atoms with E-state index >= 15 is 0 Å². The molecule has 1 aromatic rings. The molecule has 0 aromatic heterocycles. The average Bonchev–Trinajstić information content (AvgIpc) is 2.17. The van der Waals surface area contributed by atoms with E-state index in [9.17, 15) is 17.6 Å². The van der Waals surface area contributed by atoms with Crippen molar-refractivity contribution in [2.75, 3.05) is 0 Å². The minimum Gasteiger partial charge on any atom is -0.324 e. The van der Waals surface area contributed by atoms with E-state index < -0.39 is 24.5 Å². The van der Waals surface area contributed by atoms with E-state index in [0.29, 0.717) is 5.56 Å². The number of nitrogens with two attached hydrogens (primary N) is 1. The van der Waals surface area contributed by atoms with Crippen molar-refractivity contribution in [1.82, 2.24) is 0 Å². The molecule has 0 radical (unpaired) electrons. The van der Waals surface area contributed by atoms with Gasteiger partial charge in [0.15, 0.2) is 0 Å². The Bertz CT molecular complexity index is 364. The number of rotatable bonds is 3. The van der Waals surface area contributed by atoms with Gasteiger partial charge in [-0.05, 0) is 34.0 Å². The summed E-state index contributed by atoms with van der Waals surface area (Å²) in [6.07, 6.45) is -5.47. The second-order valence-electron chi connectivity index (χ2n) is 3.40. The van der Waals surface area contributed by atoms with Crippen LogP contribution in [-0.4, -0.2) is 6.18 Å². The highest BCUT2D eigenvalue weighted by atomic mass is 79.9. The number of hydrogen-bond donors (Lipinski definition) is 1. The van der Waals surface area contributed by atoms with Gasteiger partial charge in [-0.1, -0.05) is 12.1 Å². The van der Waals surface area contributed by atoms with Gasteiger partial charge < -0.3 is 5.73 Å². The molecule has 1 nitrogen and oxygen atoms in total. The molecule has 1 atom stereocenters. The van der Waals surface area contributed by atoms with Crippen molar-refractivity contribution in [1.29, 1.82) is 0 Å². The van der Waals surface area contributed by atoms with Crippen LogP contribution in [0.5, 0.6) is 0 Å². The van der Waals surface area contributed by atoms with E-state index in [0.717, 1.165) is 0 Å². The molecular formula is C10H10BrF4N. The summed E-state index contributed by atoms with van der Waals surface area (Å²) in [7, 11) is 0. The molecule has 1 aromatic carbocycles. The molecule has 1 rings (SSSR count). The molecule has 0 saturated heterocycles. The largest absolute Gasteiger partial charge is 0.389 e. The van der Waals surface area contributed by atoms with Crippen LogP contribution in [-0.2, 0) is 0 Å². The molecule has 0 aliphatic rings. The highest BCUT2D eigenvalue weighted by molar-refractivity contribution is 9.10. The Kier molecular flexibility index (Phi) is 4.32. The van der Waals surface area contributed by atoms with Crippen LogP contribution in [0.2, 0.25) is 0 Å². The fourth-order valence-electron chi connectivity index (χ4n) is 1.28. The summed E-state index contributed by atoms with van der Waals surface area (Å²) in [5.74, 6) is -0.528. The summed E-state index contributed by atoms with van der Waals surface area (Å²) in [6, 6.07) is 3.31. The summed E-state index contributed by atoms with van der Waals surface area (Å²) in [5.41, 5.74) is 5.93. The normalized spacial score (nSPS) is 13.9. The SMILES string of the molecule is N[C@H](CCC(F)(F)F)c1cccc(F)c1Br. The molecule has 0 spiro atoms. The zero-order chi connectivity index (χ0) is 12.3. The Labute approximate surface area is 98.8 Å². The maximum atomic E-state index is 13.1. The van der Waals surface area contributed by atoms with Gasteiger partial charge in [-0.25, -0.2) is 4.39 Å². The maximum absolute atomic E-state index is 13.1. The third kappa shape index (κ3) is 3.75. The zero-order valence-corrected chi connectivity index (χ0v) is 9.78. The van der Waals surface area contributed by atoms with E-state index in [-0.39, 0.29) is 10.9 Å². The minimum atomic E-state index is -4.24. The molecule has 0 saturated carbocycles. The summed E-state index contributed by atoms with van der Waals surface area (Å²) in [5, 5.41) is 0. The number of benzene rings is 1. The lowest BCUT2D eigenvalue weighted by molar-refractivity contribution is -0.136. The lowest BCUT2D eigenvalue weighted by atomic mass is 10.0. The third-order valence-corrected chi connectivity index (χ3v) is 2.96. The quantitative estimate of drug-likeness (QED) is 0.841. The van der Waals surface area contributed by atoms with Crippen LogP contribution in [0.25, 0.3) is 0 Å². The van der Waals surface area contributed by atoms with Crippen molar-refractivity contribution in [2.45, 2.75) is 25.1 Å². The van der Waals surface area contributed by atoms with Crippen LogP contribution in [0.1, 0.15) is 24.4 Å². The van der Waals surface area contributed by atoms with E-state index in [4.69, 9.17) is 5.73 Å². The van der Waals surface area contributed by atoms with E-state index in [1.807, 2.05) is 0 Å². The van der Waals surface area contributed by atoms with Crippen molar-refractivity contribution in [3.63, 3.8) is 0 Å². The monoisotopic (exact) mass is 299 g/mol. The highest BCUT2D eigenvalue weighted by Crippen LogP contribution is 2.30. The topological polar surface area (TPSA) is 26.0 Å². The molecule has 6 heteroatoms. The molecule has 0 aliphatic carbocycles. The predicted molar refractivity (Wildman–Crippen MR) is 56.3 cm³/mol. The van der Waals surface area contributed by atoms with Crippen LogP contribution in [0.15, 0.2) is 22.7 Å². The Balaban J connectivity index is 2.73. The first-order chi connectivity index (χ1) is 7.31. The van der Waals surface area contributed by atoms with Gasteiger partial charge in [-0.15, -0.1) is 0 Å². The summed E-state index contributed by atoms with van der Waals surface area (Å²) < 4.78 is 49.1. The van der Waals surface area contributed by atoms with Crippen LogP contribution in [0.3, 0.4) is 0 Å². The molecule has 0 amide bonds. The fraction of sp³-hybridized carbons (Fsp3) is 0.400. The first-order valence-electron chi connectivity index (χ1n) is 4.57. The van der Waals surface area contributed by atoms with Gasteiger partial charge in [-0.2, -0.15) is 13.2 Å². The van der Waals surface area contributed by atoms with Gasteiger partial charge in [0, 0.05) is 12.5 Å². The molecular weight excluding hydrogens is 290 g/mol. The second kappa shape index (κ2) is 5.14.